The van der Waals surface area contributed by atoms with Crippen molar-refractivity contribution < 1.29 is 23.7 Å². The monoisotopic (exact) mass is 530 g/mol. The second-order valence-corrected chi connectivity index (χ2v) is 10.1. The van der Waals surface area contributed by atoms with E-state index in [1.807, 2.05) is 48.6 Å². The van der Waals surface area contributed by atoms with E-state index in [9.17, 15) is 14.4 Å². The number of rotatable bonds is 5. The summed E-state index contributed by atoms with van der Waals surface area (Å²) < 4.78 is 7.66. The van der Waals surface area contributed by atoms with Crippen molar-refractivity contribution in [2.75, 3.05) is 26.7 Å². The molecule has 172 valence electrons. The van der Waals surface area contributed by atoms with Crippen molar-refractivity contribution in [3.8, 4) is 5.75 Å². The van der Waals surface area contributed by atoms with Gasteiger partial charge in [0.2, 0.25) is 18.2 Å². The van der Waals surface area contributed by atoms with Gasteiger partial charge in [-0.15, -0.1) is 4.58 Å². The molecule has 0 spiro atoms. The molecule has 1 aromatic carbocycles. The van der Waals surface area contributed by atoms with Crippen LogP contribution in [0.3, 0.4) is 0 Å². The molecule has 2 heterocycles. The number of nitrogens with two attached hydrogens (primary N) is 1. The molecule has 1 atom stereocenters. The zero-order valence-electron chi connectivity index (χ0n) is 18.2. The number of ether oxygens (including phenoxy) is 1. The Morgan fingerprint density at radius 2 is 2.06 bits per heavy atom. The highest BCUT2D eigenvalue weighted by atomic mass is 79.9. The van der Waals surface area contributed by atoms with E-state index in [2.05, 4.69) is 15.9 Å². The number of benzene rings is 1. The van der Waals surface area contributed by atoms with Crippen LogP contribution >= 0.6 is 27.7 Å². The zero-order valence-corrected chi connectivity index (χ0v) is 20.6. The van der Waals surface area contributed by atoms with Crippen LogP contribution in [0.2, 0.25) is 0 Å². The van der Waals surface area contributed by atoms with E-state index in [4.69, 9.17) is 10.5 Å². The van der Waals surface area contributed by atoms with Crippen LogP contribution in [0.15, 0.2) is 51.9 Å². The maximum Gasteiger partial charge on any atom is 0.426 e. The number of thioether (sulfide) groups is 1. The van der Waals surface area contributed by atoms with Crippen molar-refractivity contribution in [2.45, 2.75) is 18.1 Å². The largest absolute Gasteiger partial charge is 0.496 e. The van der Waals surface area contributed by atoms with E-state index in [1.54, 1.807) is 16.6 Å². The minimum Gasteiger partial charge on any atom is -0.496 e. The molecule has 33 heavy (non-hydrogen) atoms. The van der Waals surface area contributed by atoms with Gasteiger partial charge >= 0.3 is 5.91 Å². The molecule has 0 saturated carbocycles. The summed E-state index contributed by atoms with van der Waals surface area (Å²) in [5.74, 6) is -0.117. The summed E-state index contributed by atoms with van der Waals surface area (Å²) in [7, 11) is 1.60. The molecule has 9 heteroatoms. The Morgan fingerprint density at radius 1 is 1.30 bits per heavy atom. The van der Waals surface area contributed by atoms with Crippen LogP contribution in [0.25, 0.3) is 6.08 Å². The number of methoxy groups -OCH3 is 1. The molecule has 1 unspecified atom stereocenters. The van der Waals surface area contributed by atoms with Crippen LogP contribution < -0.4 is 10.5 Å². The lowest BCUT2D eigenvalue weighted by atomic mass is 9.96. The Hall–Kier alpha value is -2.65. The number of carbonyl (C=O) groups excluding carboxylic acids is 3. The van der Waals surface area contributed by atoms with E-state index < -0.39 is 0 Å². The average molecular weight is 531 g/mol. The van der Waals surface area contributed by atoms with Crippen LogP contribution in [-0.4, -0.2) is 64.9 Å². The number of likely N-dealkylation sites (tertiary alicyclic amines) is 1. The quantitative estimate of drug-likeness (QED) is 0.466. The van der Waals surface area contributed by atoms with Crippen LogP contribution in [-0.2, 0) is 14.4 Å². The molecule has 0 bridgehead atoms. The Morgan fingerprint density at radius 3 is 2.73 bits per heavy atom. The molecule has 7 nitrogen and oxygen atoms in total. The van der Waals surface area contributed by atoms with Crippen LogP contribution in [0.1, 0.15) is 18.4 Å². The van der Waals surface area contributed by atoms with Gasteiger partial charge in [0.05, 0.1) is 11.6 Å². The summed E-state index contributed by atoms with van der Waals surface area (Å²) in [6.45, 7) is 0.912. The summed E-state index contributed by atoms with van der Waals surface area (Å²) in [6, 6.07) is 5.62. The SMILES string of the molecule is COc1ccc(/C=C2\SC3C=CC=CC3=[N+](CC(=O)N3CCC(C(N)=O)CC3)C2=O)cc1Br. The lowest BCUT2D eigenvalue weighted by molar-refractivity contribution is -0.435. The first kappa shape index (κ1) is 23.5. The number of primary amides is 1. The first-order chi connectivity index (χ1) is 15.9. The number of halogens is 1. The van der Waals surface area contributed by atoms with Gasteiger partial charge in [-0.1, -0.05) is 36.1 Å². The Balaban J connectivity index is 1.57. The van der Waals surface area contributed by atoms with Gasteiger partial charge in [0.15, 0.2) is 0 Å². The molecule has 1 aliphatic carbocycles. The number of hydrogen-bond acceptors (Lipinski definition) is 5. The van der Waals surface area contributed by atoms with Crippen LogP contribution in [0.5, 0.6) is 5.75 Å². The highest BCUT2D eigenvalue weighted by Crippen LogP contribution is 2.34. The normalized spacial score (nSPS) is 22.0. The van der Waals surface area contributed by atoms with Gasteiger partial charge in [0, 0.05) is 25.1 Å². The summed E-state index contributed by atoms with van der Waals surface area (Å²) in [4.78, 5) is 40.2. The van der Waals surface area contributed by atoms with Crippen molar-refractivity contribution in [1.82, 2.24) is 4.90 Å². The lowest BCUT2D eigenvalue weighted by Gasteiger charge is -2.30. The first-order valence-electron chi connectivity index (χ1n) is 10.7. The number of hydrogen-bond donors (Lipinski definition) is 1. The van der Waals surface area contributed by atoms with Crippen LogP contribution in [0, 0.1) is 5.92 Å². The van der Waals surface area contributed by atoms with Gasteiger partial charge in [-0.25, -0.2) is 4.79 Å². The minimum atomic E-state index is -0.317. The molecular formula is C24H25BrN3O4S+. The third kappa shape index (κ3) is 5.14. The summed E-state index contributed by atoms with van der Waals surface area (Å²) >= 11 is 4.96. The molecule has 4 rings (SSSR count). The summed E-state index contributed by atoms with van der Waals surface area (Å²) in [6.07, 6.45) is 10.7. The third-order valence-electron chi connectivity index (χ3n) is 5.99. The Kier molecular flexibility index (Phi) is 7.19. The zero-order chi connectivity index (χ0) is 23.5. The van der Waals surface area contributed by atoms with Gasteiger partial charge < -0.3 is 15.4 Å². The average Bonchev–Trinajstić information content (AvgIpc) is 2.81. The highest BCUT2D eigenvalue weighted by molar-refractivity contribution is 9.10. The Bertz CT molecular complexity index is 1120. The molecule has 1 saturated heterocycles. The van der Waals surface area contributed by atoms with Crippen molar-refractivity contribution in [1.29, 1.82) is 0 Å². The van der Waals surface area contributed by atoms with Crippen molar-refractivity contribution >= 4 is 57.2 Å². The topological polar surface area (TPSA) is 92.7 Å². The number of nitrogens with zero attached hydrogens (tertiary/aromatic N) is 2. The maximum absolute atomic E-state index is 13.4. The molecule has 3 amide bonds. The fourth-order valence-electron chi connectivity index (χ4n) is 4.12. The summed E-state index contributed by atoms with van der Waals surface area (Å²) in [5.41, 5.74) is 7.07. The molecule has 1 aromatic rings. The van der Waals surface area contributed by atoms with Gasteiger partial charge in [-0.3, -0.25) is 9.59 Å². The van der Waals surface area contributed by atoms with E-state index in [-0.39, 0.29) is 35.4 Å². The second kappa shape index (κ2) is 10.1. The summed E-state index contributed by atoms with van der Waals surface area (Å²) in [5, 5.41) is -0.0472. The lowest BCUT2D eigenvalue weighted by Crippen LogP contribution is -2.47. The molecule has 0 radical (unpaired) electrons. The van der Waals surface area contributed by atoms with Gasteiger partial charge in [0.1, 0.15) is 15.9 Å². The van der Waals surface area contributed by atoms with E-state index in [1.165, 1.54) is 11.8 Å². The van der Waals surface area contributed by atoms with Gasteiger partial charge in [-0.05, 0) is 52.5 Å². The van der Waals surface area contributed by atoms with E-state index >= 15 is 0 Å². The van der Waals surface area contributed by atoms with Crippen molar-refractivity contribution in [3.63, 3.8) is 0 Å². The third-order valence-corrected chi connectivity index (χ3v) is 7.81. The molecule has 2 N–H and O–H groups in total. The number of fused-ring (bicyclic) bond motifs is 1. The van der Waals surface area contributed by atoms with E-state index in [0.29, 0.717) is 36.6 Å². The van der Waals surface area contributed by atoms with Crippen molar-refractivity contribution in [3.05, 3.63) is 57.4 Å². The number of amides is 3. The second-order valence-electron chi connectivity index (χ2n) is 8.06. The molecule has 0 aromatic heterocycles. The van der Waals surface area contributed by atoms with Crippen LogP contribution in [0.4, 0.5) is 0 Å². The highest BCUT2D eigenvalue weighted by Gasteiger charge is 2.40. The van der Waals surface area contributed by atoms with Gasteiger partial charge in [0.25, 0.3) is 5.91 Å². The molecule has 1 fully saturated rings. The van der Waals surface area contributed by atoms with Gasteiger partial charge in [-0.2, -0.15) is 0 Å². The van der Waals surface area contributed by atoms with E-state index in [0.717, 1.165) is 15.7 Å². The molecule has 2 aliphatic heterocycles. The number of allylic oxidation sites excluding steroid dienone is 3. The predicted octanol–water partition coefficient (Wildman–Crippen LogP) is 2.74. The fraction of sp³-hybridized carbons (Fsp3) is 0.333. The van der Waals surface area contributed by atoms with Crippen molar-refractivity contribution in [2.24, 2.45) is 11.7 Å². The number of piperidine rings is 1. The molecular weight excluding hydrogens is 506 g/mol. The number of carbonyl (C=O) groups is 3. The fourth-order valence-corrected chi connectivity index (χ4v) is 5.87. The smallest absolute Gasteiger partial charge is 0.426 e. The Labute approximate surface area is 205 Å². The minimum absolute atomic E-state index is 0.0334. The standard InChI is InChI=1S/C24H24BrN3O4S/c1-32-19-7-6-15(12-17(19)25)13-21-24(31)28(18-4-2-3-5-20(18)33-21)14-22(29)27-10-8-16(9-11-27)23(26)30/h2-7,12-13,16,20H,8-11,14H2,1H3,(H-,26,30)/p+1/b21-13-. The maximum atomic E-state index is 13.4. The predicted molar refractivity (Wildman–Crippen MR) is 132 cm³/mol. The first-order valence-corrected chi connectivity index (χ1v) is 12.4. The molecule has 3 aliphatic rings.